The van der Waals surface area contributed by atoms with E-state index in [2.05, 4.69) is 10.1 Å². The summed E-state index contributed by atoms with van der Waals surface area (Å²) in [5.41, 5.74) is 0.895. The van der Waals surface area contributed by atoms with Crippen LogP contribution in [0.15, 0.2) is 63.2 Å². The van der Waals surface area contributed by atoms with E-state index in [1.165, 1.54) is 24.3 Å². The first kappa shape index (κ1) is 21.1. The van der Waals surface area contributed by atoms with Crippen LogP contribution in [0.3, 0.4) is 0 Å². The molecule has 0 radical (unpaired) electrons. The van der Waals surface area contributed by atoms with Gasteiger partial charge in [0, 0.05) is 10.4 Å². The van der Waals surface area contributed by atoms with E-state index in [9.17, 15) is 24.3 Å². The van der Waals surface area contributed by atoms with Crippen molar-refractivity contribution in [2.24, 2.45) is 5.10 Å². The molecule has 9 nitrogen and oxygen atoms in total. The maximum Gasteiger partial charge on any atom is 0.335 e. The Balaban J connectivity index is 1.45. The summed E-state index contributed by atoms with van der Waals surface area (Å²) in [7, 11) is 0. The van der Waals surface area contributed by atoms with Crippen LogP contribution in [0.4, 0.5) is 0 Å². The molecule has 4 aromatic rings. The summed E-state index contributed by atoms with van der Waals surface area (Å²) < 4.78 is 0.855. The molecule has 0 saturated heterocycles. The summed E-state index contributed by atoms with van der Waals surface area (Å²) in [5, 5.41) is 17.3. The summed E-state index contributed by atoms with van der Waals surface area (Å²) in [6, 6.07) is 13.1. The Morgan fingerprint density at radius 3 is 2.06 bits per heavy atom. The summed E-state index contributed by atoms with van der Waals surface area (Å²) in [5.74, 6) is -1.99. The molecule has 0 saturated carbocycles. The second-order valence-electron chi connectivity index (χ2n) is 8.27. The van der Waals surface area contributed by atoms with Crippen molar-refractivity contribution in [3.05, 3.63) is 102 Å². The van der Waals surface area contributed by atoms with Crippen molar-refractivity contribution in [2.45, 2.75) is 12.8 Å². The number of carbonyl (C=O) groups excluding carboxylic acids is 2. The van der Waals surface area contributed by atoms with Crippen LogP contribution in [0, 0.1) is 0 Å². The number of amides is 2. The molecule has 0 atom stereocenters. The van der Waals surface area contributed by atoms with Gasteiger partial charge in [-0.2, -0.15) is 10.1 Å². The maximum absolute atomic E-state index is 13.2. The third kappa shape index (κ3) is 3.05. The van der Waals surface area contributed by atoms with Gasteiger partial charge in [0.05, 0.1) is 23.0 Å². The average Bonchev–Trinajstić information content (AvgIpc) is 3.26. The zero-order valence-electron chi connectivity index (χ0n) is 17.9. The molecule has 0 fully saturated rings. The fraction of sp³-hybridized carbons (Fsp3) is 0.0800. The van der Waals surface area contributed by atoms with Crippen molar-refractivity contribution in [3.63, 3.8) is 0 Å². The van der Waals surface area contributed by atoms with Crippen molar-refractivity contribution >= 4 is 40.4 Å². The van der Waals surface area contributed by atoms with Crippen LogP contribution in [0.5, 0.6) is 5.88 Å². The van der Waals surface area contributed by atoms with E-state index < -0.39 is 34.5 Å². The van der Waals surface area contributed by atoms with Gasteiger partial charge in [-0.3, -0.25) is 19.4 Å². The number of halogens is 1. The number of nitrogens with zero attached hydrogens (tertiary/aromatic N) is 3. The summed E-state index contributed by atoms with van der Waals surface area (Å²) >= 11 is 5.89. The molecule has 1 aromatic heterocycles. The van der Waals surface area contributed by atoms with Gasteiger partial charge in [0.15, 0.2) is 0 Å². The van der Waals surface area contributed by atoms with Crippen molar-refractivity contribution in [3.8, 4) is 11.6 Å². The normalized spacial score (nSPS) is 14.5. The first-order chi connectivity index (χ1) is 16.8. The molecule has 0 bridgehead atoms. The number of nitrogens with one attached hydrogen (secondary N) is 1. The Bertz CT molecular complexity index is 1690. The lowest BCUT2D eigenvalue weighted by Crippen LogP contribution is -2.37. The van der Waals surface area contributed by atoms with E-state index >= 15 is 0 Å². The van der Waals surface area contributed by atoms with Crippen LogP contribution >= 0.6 is 11.6 Å². The summed E-state index contributed by atoms with van der Waals surface area (Å²) in [6.45, 7) is 0. The molecule has 2 N–H and O–H groups in total. The highest BCUT2D eigenvalue weighted by Crippen LogP contribution is 2.38. The van der Waals surface area contributed by atoms with Gasteiger partial charge < -0.3 is 5.11 Å². The molecule has 10 heteroatoms. The van der Waals surface area contributed by atoms with E-state index in [4.69, 9.17) is 11.6 Å². The molecule has 35 heavy (non-hydrogen) atoms. The van der Waals surface area contributed by atoms with Gasteiger partial charge in [0.2, 0.25) is 5.88 Å². The molecule has 2 amide bonds. The Kier molecular flexibility index (Phi) is 4.52. The number of aryl methyl sites for hydroxylation is 2. The highest BCUT2D eigenvalue weighted by molar-refractivity contribution is 6.30. The molecule has 2 heterocycles. The van der Waals surface area contributed by atoms with Crippen LogP contribution in [-0.4, -0.2) is 37.7 Å². The lowest BCUT2D eigenvalue weighted by molar-refractivity contribution is 0.0616. The van der Waals surface area contributed by atoms with E-state index in [1.807, 2.05) is 12.1 Å². The van der Waals surface area contributed by atoms with Gasteiger partial charge in [-0.15, -0.1) is 0 Å². The zero-order chi connectivity index (χ0) is 24.4. The van der Waals surface area contributed by atoms with Crippen molar-refractivity contribution in [2.75, 3.05) is 0 Å². The highest BCUT2D eigenvalue weighted by Gasteiger charge is 2.35. The number of aromatic nitrogens is 2. The largest absolute Gasteiger partial charge is 0.493 e. The third-order valence-corrected chi connectivity index (χ3v) is 6.60. The second-order valence-corrected chi connectivity index (χ2v) is 8.71. The fourth-order valence-electron chi connectivity index (χ4n) is 4.71. The highest BCUT2D eigenvalue weighted by atomic mass is 35.5. The van der Waals surface area contributed by atoms with Gasteiger partial charge in [0.25, 0.3) is 17.4 Å². The molecule has 0 unspecified atom stereocenters. The van der Waals surface area contributed by atoms with E-state index in [0.29, 0.717) is 26.5 Å². The number of benzene rings is 3. The van der Waals surface area contributed by atoms with Gasteiger partial charge >= 0.3 is 5.69 Å². The number of hydrogen-bond donors (Lipinski definition) is 2. The molecule has 0 spiro atoms. The van der Waals surface area contributed by atoms with Crippen molar-refractivity contribution in [1.29, 1.82) is 0 Å². The van der Waals surface area contributed by atoms with Crippen molar-refractivity contribution in [1.82, 2.24) is 14.6 Å². The first-order valence-corrected chi connectivity index (χ1v) is 11.1. The quantitative estimate of drug-likeness (QED) is 0.340. The summed E-state index contributed by atoms with van der Waals surface area (Å²) in [6.07, 6.45) is 2.59. The van der Waals surface area contributed by atoms with Crippen LogP contribution in [0.1, 0.15) is 37.4 Å². The molecule has 6 rings (SSSR count). The van der Waals surface area contributed by atoms with Crippen LogP contribution in [0.2, 0.25) is 5.02 Å². The van der Waals surface area contributed by atoms with Crippen LogP contribution < -0.4 is 11.2 Å². The number of aromatic hydroxyl groups is 1. The SMILES string of the molecule is O=C1c2ccc3c4c(ccc(c24)C(=O)N1N=Cc1c(O)n(-c2ccc(Cl)cc2)c(=O)[nH]c1=O)CC3. The van der Waals surface area contributed by atoms with Crippen LogP contribution in [0.25, 0.3) is 16.5 Å². The minimum Gasteiger partial charge on any atom is -0.493 e. The van der Waals surface area contributed by atoms with Gasteiger partial charge in [0.1, 0.15) is 5.56 Å². The summed E-state index contributed by atoms with van der Waals surface area (Å²) in [4.78, 5) is 53.3. The molecule has 1 aliphatic carbocycles. The number of aromatic amines is 1. The maximum atomic E-state index is 13.2. The minimum atomic E-state index is -0.930. The second kappa shape index (κ2) is 7.51. The van der Waals surface area contributed by atoms with E-state index in [0.717, 1.165) is 40.1 Å². The molecule has 1 aliphatic heterocycles. The monoisotopic (exact) mass is 486 g/mol. The molecule has 3 aromatic carbocycles. The number of carbonyl (C=O) groups is 2. The van der Waals surface area contributed by atoms with Gasteiger partial charge in [-0.05, 0) is 65.8 Å². The molecule has 172 valence electrons. The predicted molar refractivity (Wildman–Crippen MR) is 129 cm³/mol. The lowest BCUT2D eigenvalue weighted by atomic mass is 9.92. The number of H-pyrrole nitrogens is 1. The standard InChI is InChI=1S/C25H15ClN4O5/c26-14-5-7-15(8-6-14)29-22(32)18(21(31)28-25(29)35)11-27-30-23(33)16-9-3-12-1-2-13-4-10-17(24(30)34)20(16)19(12)13/h3-11,32H,1-2H2,(H,28,31,35). The minimum absolute atomic E-state index is 0.241. The van der Waals surface area contributed by atoms with Gasteiger partial charge in [-0.25, -0.2) is 9.36 Å². The van der Waals surface area contributed by atoms with E-state index in [-0.39, 0.29) is 5.69 Å². The smallest absolute Gasteiger partial charge is 0.335 e. The Morgan fingerprint density at radius 1 is 0.857 bits per heavy atom. The molecular weight excluding hydrogens is 472 g/mol. The molecular formula is C25H15ClN4O5. The average molecular weight is 487 g/mol. The van der Waals surface area contributed by atoms with Crippen molar-refractivity contribution < 1.29 is 14.7 Å². The number of rotatable bonds is 3. The van der Waals surface area contributed by atoms with Crippen LogP contribution in [-0.2, 0) is 12.8 Å². The predicted octanol–water partition coefficient (Wildman–Crippen LogP) is 2.77. The first-order valence-electron chi connectivity index (χ1n) is 10.7. The topological polar surface area (TPSA) is 125 Å². The third-order valence-electron chi connectivity index (χ3n) is 6.35. The van der Waals surface area contributed by atoms with E-state index in [1.54, 1.807) is 12.1 Å². The Morgan fingerprint density at radius 2 is 1.46 bits per heavy atom. The number of hydrazone groups is 1. The molecule has 2 aliphatic rings. The lowest BCUT2D eigenvalue weighted by Gasteiger charge is -2.23. The zero-order valence-corrected chi connectivity index (χ0v) is 18.7. The van der Waals surface area contributed by atoms with Gasteiger partial charge in [-0.1, -0.05) is 23.7 Å². The Labute approximate surface area is 201 Å². The number of hydrogen-bond acceptors (Lipinski definition) is 6. The Hall–Kier alpha value is -4.50. The fourth-order valence-corrected chi connectivity index (χ4v) is 4.84. The number of imide groups is 1.